The van der Waals surface area contributed by atoms with Crippen LogP contribution in [0.2, 0.25) is 0 Å². The van der Waals surface area contributed by atoms with Crippen molar-refractivity contribution in [2.24, 2.45) is 0 Å². The Morgan fingerprint density at radius 1 is 1.38 bits per heavy atom. The number of carbonyl (C=O) groups is 1. The molecule has 0 saturated heterocycles. The number of hydrogen-bond donors (Lipinski definition) is 0. The number of hydrogen-bond acceptors (Lipinski definition) is 1. The highest BCUT2D eigenvalue weighted by molar-refractivity contribution is 5.51. The number of rotatable bonds is 4. The van der Waals surface area contributed by atoms with E-state index in [0.717, 1.165) is 11.8 Å². The summed E-state index contributed by atoms with van der Waals surface area (Å²) in [6.07, 6.45) is 1.43. The molecule has 13 heavy (non-hydrogen) atoms. The van der Waals surface area contributed by atoms with Crippen molar-refractivity contribution in [1.29, 1.82) is 0 Å². The average molecular weight is 180 g/mol. The second-order valence-electron chi connectivity index (χ2n) is 3.18. The van der Waals surface area contributed by atoms with Crippen LogP contribution in [0.15, 0.2) is 24.3 Å². The highest BCUT2D eigenvalue weighted by atomic mass is 19.1. The molecular formula is C11H13FO. The molecule has 0 N–H and O–H groups in total. The largest absolute Gasteiger partial charge is 0.303 e. The van der Waals surface area contributed by atoms with Gasteiger partial charge in [0, 0.05) is 6.42 Å². The zero-order valence-corrected chi connectivity index (χ0v) is 7.66. The van der Waals surface area contributed by atoms with Crippen LogP contribution >= 0.6 is 0 Å². The number of carbonyl (C=O) groups excluding carboxylic acids is 1. The number of aldehydes is 1. The van der Waals surface area contributed by atoms with Crippen LogP contribution in [0.25, 0.3) is 0 Å². The van der Waals surface area contributed by atoms with E-state index in [-0.39, 0.29) is 5.92 Å². The van der Waals surface area contributed by atoms with E-state index in [1.165, 1.54) is 0 Å². The van der Waals surface area contributed by atoms with Crippen molar-refractivity contribution in [2.45, 2.75) is 25.9 Å². The van der Waals surface area contributed by atoms with Crippen molar-refractivity contribution in [3.05, 3.63) is 35.4 Å². The van der Waals surface area contributed by atoms with Crippen LogP contribution in [-0.4, -0.2) is 6.29 Å². The molecule has 0 spiro atoms. The molecule has 1 unspecified atom stereocenters. The topological polar surface area (TPSA) is 17.1 Å². The number of alkyl halides is 1. The van der Waals surface area contributed by atoms with Gasteiger partial charge in [-0.25, -0.2) is 4.39 Å². The third-order valence-corrected chi connectivity index (χ3v) is 2.15. The summed E-state index contributed by atoms with van der Waals surface area (Å²) < 4.78 is 12.2. The lowest BCUT2D eigenvalue weighted by molar-refractivity contribution is -0.108. The first-order valence-corrected chi connectivity index (χ1v) is 4.36. The van der Waals surface area contributed by atoms with E-state index in [4.69, 9.17) is 0 Å². The van der Waals surface area contributed by atoms with Gasteiger partial charge in [-0.05, 0) is 17.0 Å². The smallest absolute Gasteiger partial charge is 0.120 e. The molecule has 2 heteroatoms. The second kappa shape index (κ2) is 4.75. The fourth-order valence-electron chi connectivity index (χ4n) is 1.22. The summed E-state index contributed by atoms with van der Waals surface area (Å²) in [6, 6.07) is 7.28. The molecule has 1 aromatic carbocycles. The predicted octanol–water partition coefficient (Wildman–Crippen LogP) is 2.85. The zero-order chi connectivity index (χ0) is 9.68. The van der Waals surface area contributed by atoms with Gasteiger partial charge in [0.15, 0.2) is 0 Å². The van der Waals surface area contributed by atoms with Gasteiger partial charge in [0.1, 0.15) is 13.0 Å². The van der Waals surface area contributed by atoms with Gasteiger partial charge in [0.2, 0.25) is 0 Å². The normalized spacial score (nSPS) is 12.5. The van der Waals surface area contributed by atoms with Crippen molar-refractivity contribution in [3.63, 3.8) is 0 Å². The molecule has 0 aromatic heterocycles. The first-order valence-electron chi connectivity index (χ1n) is 4.36. The minimum Gasteiger partial charge on any atom is -0.303 e. The summed E-state index contributed by atoms with van der Waals surface area (Å²) >= 11 is 0. The van der Waals surface area contributed by atoms with Gasteiger partial charge in [-0.15, -0.1) is 0 Å². The first kappa shape index (κ1) is 9.90. The van der Waals surface area contributed by atoms with Crippen LogP contribution in [0.1, 0.15) is 30.4 Å². The molecule has 70 valence electrons. The summed E-state index contributed by atoms with van der Waals surface area (Å²) in [7, 11) is 0. The van der Waals surface area contributed by atoms with Gasteiger partial charge in [-0.2, -0.15) is 0 Å². The predicted molar refractivity (Wildman–Crippen MR) is 50.4 cm³/mol. The summed E-state index contributed by atoms with van der Waals surface area (Å²) in [6.45, 7) is 1.56. The quantitative estimate of drug-likeness (QED) is 0.651. The van der Waals surface area contributed by atoms with Gasteiger partial charge in [-0.3, -0.25) is 0 Å². The molecule has 1 atom stereocenters. The maximum absolute atomic E-state index is 12.2. The number of benzene rings is 1. The molecule has 0 aliphatic rings. The van der Waals surface area contributed by atoms with Gasteiger partial charge < -0.3 is 4.79 Å². The lowest BCUT2D eigenvalue weighted by Gasteiger charge is -2.07. The van der Waals surface area contributed by atoms with Gasteiger partial charge >= 0.3 is 0 Å². The summed E-state index contributed by atoms with van der Waals surface area (Å²) in [5.74, 6) is 0.228. The van der Waals surface area contributed by atoms with E-state index < -0.39 is 6.67 Å². The molecule has 0 bridgehead atoms. The zero-order valence-electron chi connectivity index (χ0n) is 7.66. The Morgan fingerprint density at radius 3 is 2.46 bits per heavy atom. The standard InChI is InChI=1S/C11H13FO/c1-9(6-7-13)11-4-2-10(8-12)3-5-11/h2-5,7,9H,6,8H2,1H3. The van der Waals surface area contributed by atoms with E-state index in [9.17, 15) is 9.18 Å². The summed E-state index contributed by atoms with van der Waals surface area (Å²) in [4.78, 5) is 10.3. The Kier molecular flexibility index (Phi) is 3.62. The molecule has 1 aromatic rings. The van der Waals surface area contributed by atoms with Gasteiger partial charge in [0.05, 0.1) is 0 Å². The minimum atomic E-state index is -0.428. The summed E-state index contributed by atoms with van der Waals surface area (Å²) in [5, 5.41) is 0. The van der Waals surface area contributed by atoms with E-state index in [1.54, 1.807) is 12.1 Å². The van der Waals surface area contributed by atoms with Gasteiger partial charge in [-0.1, -0.05) is 31.2 Å². The van der Waals surface area contributed by atoms with Crippen LogP contribution in [-0.2, 0) is 11.5 Å². The van der Waals surface area contributed by atoms with Crippen molar-refractivity contribution < 1.29 is 9.18 Å². The monoisotopic (exact) mass is 180 g/mol. The van der Waals surface area contributed by atoms with Crippen molar-refractivity contribution in [1.82, 2.24) is 0 Å². The molecule has 0 aliphatic heterocycles. The lowest BCUT2D eigenvalue weighted by Crippen LogP contribution is -1.94. The maximum atomic E-state index is 12.2. The second-order valence-corrected chi connectivity index (χ2v) is 3.18. The average Bonchev–Trinajstić information content (AvgIpc) is 2.18. The van der Waals surface area contributed by atoms with Crippen molar-refractivity contribution >= 4 is 6.29 Å². The Morgan fingerprint density at radius 2 is 2.00 bits per heavy atom. The molecule has 0 radical (unpaired) electrons. The van der Waals surface area contributed by atoms with Crippen LogP contribution in [0.3, 0.4) is 0 Å². The lowest BCUT2D eigenvalue weighted by atomic mass is 9.98. The van der Waals surface area contributed by atoms with E-state index in [1.807, 2.05) is 19.1 Å². The van der Waals surface area contributed by atoms with E-state index in [0.29, 0.717) is 12.0 Å². The first-order chi connectivity index (χ1) is 6.27. The Balaban J connectivity index is 2.73. The number of halogens is 1. The van der Waals surface area contributed by atoms with E-state index in [2.05, 4.69) is 0 Å². The van der Waals surface area contributed by atoms with Crippen LogP contribution in [0.4, 0.5) is 4.39 Å². The van der Waals surface area contributed by atoms with Crippen LogP contribution < -0.4 is 0 Å². The minimum absolute atomic E-state index is 0.228. The fraction of sp³-hybridized carbons (Fsp3) is 0.364. The molecule has 0 amide bonds. The molecule has 0 heterocycles. The molecule has 0 fully saturated rings. The molecule has 1 nitrogen and oxygen atoms in total. The highest BCUT2D eigenvalue weighted by Crippen LogP contribution is 2.18. The Hall–Kier alpha value is -1.18. The summed E-state index contributed by atoms with van der Waals surface area (Å²) in [5.41, 5.74) is 1.77. The SMILES string of the molecule is CC(CC=O)c1ccc(CF)cc1. The Bertz CT molecular complexity index is 266. The van der Waals surface area contributed by atoms with Crippen LogP contribution in [0, 0.1) is 0 Å². The van der Waals surface area contributed by atoms with Crippen LogP contribution in [0.5, 0.6) is 0 Å². The van der Waals surface area contributed by atoms with E-state index >= 15 is 0 Å². The molecule has 0 aliphatic carbocycles. The third-order valence-electron chi connectivity index (χ3n) is 2.15. The third kappa shape index (κ3) is 2.65. The van der Waals surface area contributed by atoms with Crippen molar-refractivity contribution in [2.75, 3.05) is 0 Å². The Labute approximate surface area is 77.6 Å². The molecular weight excluding hydrogens is 167 g/mol. The fourth-order valence-corrected chi connectivity index (χ4v) is 1.22. The maximum Gasteiger partial charge on any atom is 0.120 e. The molecule has 0 saturated carbocycles. The highest BCUT2D eigenvalue weighted by Gasteiger charge is 2.03. The van der Waals surface area contributed by atoms with Crippen molar-refractivity contribution in [3.8, 4) is 0 Å². The molecule has 1 rings (SSSR count). The van der Waals surface area contributed by atoms with Gasteiger partial charge in [0.25, 0.3) is 0 Å².